The molecule has 1 aliphatic heterocycles. The molecule has 0 aromatic carbocycles. The number of hydrogen-bond donors (Lipinski definition) is 1. The first-order valence-corrected chi connectivity index (χ1v) is 7.28. The fourth-order valence-electron chi connectivity index (χ4n) is 1.97. The lowest BCUT2D eigenvalue weighted by Gasteiger charge is -2.25. The third-order valence-corrected chi connectivity index (χ3v) is 4.45. The van der Waals surface area contributed by atoms with E-state index in [0.29, 0.717) is 5.76 Å². The first kappa shape index (κ1) is 15.1. The molecule has 0 aromatic rings. The van der Waals surface area contributed by atoms with Crippen molar-refractivity contribution in [2.75, 3.05) is 5.75 Å². The molecule has 0 saturated carbocycles. The number of unbranched alkanes of at least 4 members (excludes halogenated alkanes) is 3. The van der Waals surface area contributed by atoms with E-state index in [4.69, 9.17) is 9.84 Å². The topological polar surface area (TPSA) is 63.6 Å². The third kappa shape index (κ3) is 4.05. The van der Waals surface area contributed by atoms with Gasteiger partial charge in [-0.2, -0.15) is 0 Å². The molecule has 4 nitrogen and oxygen atoms in total. The maximum Gasteiger partial charge on any atom is 0.422 e. The Morgan fingerprint density at radius 3 is 2.78 bits per heavy atom. The molecule has 0 bridgehead atoms. The zero-order valence-corrected chi connectivity index (χ0v) is 11.7. The maximum atomic E-state index is 11.1. The molecule has 18 heavy (non-hydrogen) atoms. The van der Waals surface area contributed by atoms with E-state index in [9.17, 15) is 9.59 Å². The Morgan fingerprint density at radius 2 is 2.17 bits per heavy atom. The summed E-state index contributed by atoms with van der Waals surface area (Å²) in [7, 11) is 0. The van der Waals surface area contributed by atoms with Gasteiger partial charge in [-0.25, -0.2) is 9.59 Å². The van der Waals surface area contributed by atoms with Crippen molar-refractivity contribution in [2.24, 2.45) is 0 Å². The highest BCUT2D eigenvalue weighted by molar-refractivity contribution is 8.01. The predicted molar refractivity (Wildman–Crippen MR) is 71.4 cm³/mol. The number of hydrogen-bond acceptors (Lipinski definition) is 4. The van der Waals surface area contributed by atoms with Gasteiger partial charge in [-0.05, 0) is 19.4 Å². The molecule has 0 spiro atoms. The molecule has 102 valence electrons. The summed E-state index contributed by atoms with van der Waals surface area (Å²) < 4.78 is 4.70. The van der Waals surface area contributed by atoms with Crippen LogP contribution in [-0.4, -0.2) is 27.5 Å². The molecular weight excluding hydrogens is 252 g/mol. The van der Waals surface area contributed by atoms with Gasteiger partial charge in [0.2, 0.25) is 0 Å². The van der Waals surface area contributed by atoms with Crippen LogP contribution in [0.3, 0.4) is 0 Å². The van der Waals surface area contributed by atoms with Crippen molar-refractivity contribution in [3.63, 3.8) is 0 Å². The van der Waals surface area contributed by atoms with Gasteiger partial charge < -0.3 is 9.84 Å². The van der Waals surface area contributed by atoms with Crippen LogP contribution in [0, 0.1) is 0 Å². The molecule has 1 aliphatic rings. The van der Waals surface area contributed by atoms with Crippen molar-refractivity contribution in [3.8, 4) is 0 Å². The Kier molecular flexibility index (Phi) is 5.72. The minimum absolute atomic E-state index is 0.251. The Balaban J connectivity index is 2.51. The molecule has 0 amide bonds. The molecule has 0 aliphatic carbocycles. The van der Waals surface area contributed by atoms with Gasteiger partial charge in [-0.3, -0.25) is 0 Å². The number of carbonyl (C=O) groups excluding carboxylic acids is 1. The number of ether oxygens (including phenoxy) is 1. The number of aliphatic carboxylic acids is 1. The summed E-state index contributed by atoms with van der Waals surface area (Å²) in [4.78, 5) is 21.6. The van der Waals surface area contributed by atoms with Crippen LogP contribution in [0.1, 0.15) is 46.0 Å². The smallest absolute Gasteiger partial charge is 0.422 e. The summed E-state index contributed by atoms with van der Waals surface area (Å²) >= 11 is 1.70. The van der Waals surface area contributed by atoms with Gasteiger partial charge in [0.05, 0.1) is 4.75 Å². The average Bonchev–Trinajstić information content (AvgIpc) is 2.67. The number of carboxylic acids is 1. The molecule has 5 heteroatoms. The Bertz CT molecular complexity index is 351. The molecule has 1 heterocycles. The lowest BCUT2D eigenvalue weighted by molar-refractivity contribution is -0.161. The zero-order chi connectivity index (χ0) is 13.6. The molecular formula is C13H20O4S. The molecule has 1 unspecified atom stereocenters. The monoisotopic (exact) mass is 272 g/mol. The fraction of sp³-hybridized carbons (Fsp3) is 0.692. The normalized spacial score (nSPS) is 22.7. The lowest BCUT2D eigenvalue weighted by Crippen LogP contribution is -2.26. The fourth-order valence-corrected chi connectivity index (χ4v) is 3.12. The summed E-state index contributed by atoms with van der Waals surface area (Å²) in [5.41, 5.74) is 0. The van der Waals surface area contributed by atoms with Crippen LogP contribution in [0.15, 0.2) is 11.8 Å². The SMILES string of the molecule is CCCCCCC1(C)SCC=C1OC(=O)C(=O)O. The van der Waals surface area contributed by atoms with E-state index in [-0.39, 0.29) is 4.75 Å². The van der Waals surface area contributed by atoms with Crippen LogP contribution in [-0.2, 0) is 14.3 Å². The highest BCUT2D eigenvalue weighted by Crippen LogP contribution is 2.43. The zero-order valence-electron chi connectivity index (χ0n) is 10.9. The molecule has 1 N–H and O–H groups in total. The first-order valence-electron chi connectivity index (χ1n) is 6.29. The van der Waals surface area contributed by atoms with Crippen LogP contribution >= 0.6 is 11.8 Å². The van der Waals surface area contributed by atoms with Crippen LogP contribution in [0.5, 0.6) is 0 Å². The number of carboxylic acid groups (broad SMARTS) is 1. The van der Waals surface area contributed by atoms with Gasteiger partial charge in [0, 0.05) is 5.75 Å². The Hall–Kier alpha value is -0.970. The second-order valence-corrected chi connectivity index (χ2v) is 6.14. The molecule has 1 atom stereocenters. The van der Waals surface area contributed by atoms with Crippen molar-refractivity contribution in [2.45, 2.75) is 50.7 Å². The number of esters is 1. The van der Waals surface area contributed by atoms with Crippen LogP contribution < -0.4 is 0 Å². The molecule has 0 aromatic heterocycles. The van der Waals surface area contributed by atoms with Crippen LogP contribution in [0.2, 0.25) is 0 Å². The van der Waals surface area contributed by atoms with E-state index in [0.717, 1.165) is 25.0 Å². The van der Waals surface area contributed by atoms with E-state index in [1.807, 2.05) is 13.0 Å². The summed E-state index contributed by atoms with van der Waals surface area (Å²) in [6.07, 6.45) is 7.34. The van der Waals surface area contributed by atoms with Crippen molar-refractivity contribution >= 4 is 23.7 Å². The average molecular weight is 272 g/mol. The van der Waals surface area contributed by atoms with Crippen molar-refractivity contribution in [1.29, 1.82) is 0 Å². The van der Waals surface area contributed by atoms with E-state index < -0.39 is 11.9 Å². The number of rotatable bonds is 6. The minimum atomic E-state index is -1.54. The van der Waals surface area contributed by atoms with Gasteiger partial charge in [-0.15, -0.1) is 11.8 Å². The van der Waals surface area contributed by atoms with Gasteiger partial charge in [0.25, 0.3) is 0 Å². The Labute approximate surface area is 112 Å². The van der Waals surface area contributed by atoms with Crippen molar-refractivity contribution in [3.05, 3.63) is 11.8 Å². The second-order valence-electron chi connectivity index (χ2n) is 4.62. The quantitative estimate of drug-likeness (QED) is 0.457. The largest absolute Gasteiger partial charge is 0.473 e. The van der Waals surface area contributed by atoms with Gasteiger partial charge in [-0.1, -0.05) is 32.6 Å². The summed E-state index contributed by atoms with van der Waals surface area (Å²) in [5.74, 6) is -1.45. The molecule has 0 fully saturated rings. The number of thioether (sulfide) groups is 1. The van der Waals surface area contributed by atoms with Crippen LogP contribution in [0.4, 0.5) is 0 Å². The van der Waals surface area contributed by atoms with Gasteiger partial charge in [0.1, 0.15) is 5.76 Å². The van der Waals surface area contributed by atoms with Crippen LogP contribution in [0.25, 0.3) is 0 Å². The summed E-state index contributed by atoms with van der Waals surface area (Å²) in [6, 6.07) is 0. The predicted octanol–water partition coefficient (Wildman–Crippen LogP) is 2.97. The first-order chi connectivity index (χ1) is 8.49. The van der Waals surface area contributed by atoms with Gasteiger partial charge >= 0.3 is 11.9 Å². The van der Waals surface area contributed by atoms with E-state index in [1.54, 1.807) is 11.8 Å². The van der Waals surface area contributed by atoms with E-state index in [2.05, 4.69) is 6.92 Å². The van der Waals surface area contributed by atoms with Gasteiger partial charge in [0.15, 0.2) is 0 Å². The summed E-state index contributed by atoms with van der Waals surface area (Å²) in [6.45, 7) is 4.17. The summed E-state index contributed by atoms with van der Waals surface area (Å²) in [5, 5.41) is 8.55. The minimum Gasteiger partial charge on any atom is -0.473 e. The molecule has 1 rings (SSSR count). The second kappa shape index (κ2) is 6.83. The standard InChI is InChI=1S/C13H20O4S/c1-3-4-5-6-8-13(2)10(7-9-18-13)17-12(16)11(14)15/h7H,3-6,8-9H2,1-2H3,(H,14,15). The van der Waals surface area contributed by atoms with Crippen molar-refractivity contribution < 1.29 is 19.4 Å². The number of carbonyl (C=O) groups is 2. The Morgan fingerprint density at radius 1 is 1.44 bits per heavy atom. The maximum absolute atomic E-state index is 11.1. The van der Waals surface area contributed by atoms with E-state index in [1.165, 1.54) is 12.8 Å². The molecule has 0 saturated heterocycles. The highest BCUT2D eigenvalue weighted by atomic mass is 32.2. The van der Waals surface area contributed by atoms with Crippen molar-refractivity contribution in [1.82, 2.24) is 0 Å². The van der Waals surface area contributed by atoms with E-state index >= 15 is 0 Å². The lowest BCUT2D eigenvalue weighted by atomic mass is 9.99. The highest BCUT2D eigenvalue weighted by Gasteiger charge is 2.36. The third-order valence-electron chi connectivity index (χ3n) is 3.08. The molecule has 0 radical (unpaired) electrons.